The van der Waals surface area contributed by atoms with Crippen LogP contribution in [0.1, 0.15) is 33.3 Å². The van der Waals surface area contributed by atoms with Gasteiger partial charge in [0.25, 0.3) is 0 Å². The lowest BCUT2D eigenvalue weighted by atomic mass is 9.79. The fourth-order valence-electron chi connectivity index (χ4n) is 4.71. The number of esters is 1. The zero-order valence-corrected chi connectivity index (χ0v) is 20.2. The molecule has 2 saturated heterocycles. The number of nitrogens with zero attached hydrogens (tertiary/aromatic N) is 2. The molecule has 33 heavy (non-hydrogen) atoms. The summed E-state index contributed by atoms with van der Waals surface area (Å²) in [5.41, 5.74) is 1.35. The van der Waals surface area contributed by atoms with Gasteiger partial charge < -0.3 is 19.5 Å². The smallest absolute Gasteiger partial charge is 0.358 e. The SMILES string of the molecule is CC(C)OCOC(=O)C1=C(SC2CN(Cc3ccc(F)cc3)C2)[C@H](C)[C@@H]2[C@@H]([C@@H](C)O)C(=O)N12. The van der Waals surface area contributed by atoms with Crippen LogP contribution in [-0.4, -0.2) is 70.2 Å². The minimum absolute atomic E-state index is 0.0629. The maximum atomic E-state index is 13.1. The zero-order chi connectivity index (χ0) is 23.9. The van der Waals surface area contributed by atoms with Crippen LogP contribution < -0.4 is 0 Å². The molecule has 1 amide bonds. The molecule has 180 valence electrons. The maximum Gasteiger partial charge on any atom is 0.358 e. The van der Waals surface area contributed by atoms with Crippen molar-refractivity contribution in [2.75, 3.05) is 19.9 Å². The molecule has 1 aromatic carbocycles. The Hall–Kier alpha value is -1.94. The number of amides is 1. The number of benzene rings is 1. The van der Waals surface area contributed by atoms with Crippen molar-refractivity contribution in [3.05, 3.63) is 46.2 Å². The number of aliphatic hydroxyl groups excluding tert-OH is 1. The molecular formula is C24H31FN2O5S. The van der Waals surface area contributed by atoms with Crippen molar-refractivity contribution in [3.63, 3.8) is 0 Å². The van der Waals surface area contributed by atoms with Crippen LogP contribution in [0.2, 0.25) is 0 Å². The monoisotopic (exact) mass is 478 g/mol. The summed E-state index contributed by atoms with van der Waals surface area (Å²) in [5.74, 6) is -1.62. The van der Waals surface area contributed by atoms with Gasteiger partial charge in [0.15, 0.2) is 6.79 Å². The first-order valence-corrected chi connectivity index (χ1v) is 12.2. The van der Waals surface area contributed by atoms with Crippen molar-refractivity contribution in [1.82, 2.24) is 9.80 Å². The largest absolute Gasteiger partial charge is 0.434 e. The van der Waals surface area contributed by atoms with E-state index in [4.69, 9.17) is 9.47 Å². The van der Waals surface area contributed by atoms with Crippen LogP contribution in [0.4, 0.5) is 4.39 Å². The first kappa shape index (κ1) is 24.2. The lowest BCUT2D eigenvalue weighted by Crippen LogP contribution is -2.63. The molecule has 0 spiro atoms. The van der Waals surface area contributed by atoms with Gasteiger partial charge in [-0.3, -0.25) is 9.69 Å². The van der Waals surface area contributed by atoms with Gasteiger partial charge in [-0.05, 0) is 38.5 Å². The second-order valence-corrected chi connectivity index (χ2v) is 10.6. The number of carbonyl (C=O) groups is 2. The molecule has 7 nitrogen and oxygen atoms in total. The number of fused-ring (bicyclic) bond motifs is 1. The Morgan fingerprint density at radius 1 is 1.24 bits per heavy atom. The standard InChI is InChI=1S/C24H31FN2O5S/c1-13(2)31-12-32-24(30)21-22(14(3)20-19(15(4)28)23(29)27(20)21)33-18-10-26(11-18)9-16-5-7-17(25)8-6-16/h5-8,13-15,18-20,28H,9-12H2,1-4H3/t14-,15-,19-,20-/m1/s1. The number of thioether (sulfide) groups is 1. The topological polar surface area (TPSA) is 79.3 Å². The third-order valence-electron chi connectivity index (χ3n) is 6.43. The molecule has 0 aliphatic carbocycles. The highest BCUT2D eigenvalue weighted by molar-refractivity contribution is 8.03. The summed E-state index contributed by atoms with van der Waals surface area (Å²) in [4.78, 5) is 30.3. The van der Waals surface area contributed by atoms with Crippen molar-refractivity contribution in [3.8, 4) is 0 Å². The fourth-order valence-corrected chi connectivity index (χ4v) is 6.29. The van der Waals surface area contributed by atoms with Gasteiger partial charge in [-0.25, -0.2) is 9.18 Å². The van der Waals surface area contributed by atoms with E-state index in [0.717, 1.165) is 30.1 Å². The van der Waals surface area contributed by atoms with Gasteiger partial charge >= 0.3 is 5.97 Å². The number of likely N-dealkylation sites (tertiary alicyclic amines) is 1. The Labute approximate surface area is 197 Å². The van der Waals surface area contributed by atoms with Gasteiger partial charge in [0, 0.05) is 35.7 Å². The van der Waals surface area contributed by atoms with Crippen LogP contribution in [0, 0.1) is 17.7 Å². The second-order valence-electron chi connectivity index (χ2n) is 9.29. The average molecular weight is 479 g/mol. The van der Waals surface area contributed by atoms with Gasteiger partial charge in [-0.1, -0.05) is 19.1 Å². The van der Waals surface area contributed by atoms with Crippen molar-refractivity contribution >= 4 is 23.6 Å². The van der Waals surface area contributed by atoms with Crippen LogP contribution in [0.3, 0.4) is 0 Å². The third-order valence-corrected chi connectivity index (χ3v) is 7.88. The van der Waals surface area contributed by atoms with Crippen LogP contribution in [-0.2, 0) is 25.6 Å². The molecule has 0 saturated carbocycles. The van der Waals surface area contributed by atoms with E-state index in [1.54, 1.807) is 30.8 Å². The summed E-state index contributed by atoms with van der Waals surface area (Å²) in [7, 11) is 0. The van der Waals surface area contributed by atoms with Gasteiger partial charge in [0.2, 0.25) is 5.91 Å². The summed E-state index contributed by atoms with van der Waals surface area (Å²) in [6.45, 7) is 9.54. The number of halogens is 1. The number of hydrogen-bond acceptors (Lipinski definition) is 7. The Morgan fingerprint density at radius 3 is 2.52 bits per heavy atom. The summed E-state index contributed by atoms with van der Waals surface area (Å²) < 4.78 is 23.8. The van der Waals surface area contributed by atoms with Crippen molar-refractivity contribution < 1.29 is 28.6 Å². The summed E-state index contributed by atoms with van der Waals surface area (Å²) in [5, 5.41) is 10.4. The molecular weight excluding hydrogens is 447 g/mol. The Morgan fingerprint density at radius 2 is 1.91 bits per heavy atom. The number of aliphatic hydroxyl groups is 1. The van der Waals surface area contributed by atoms with E-state index in [1.807, 2.05) is 20.8 Å². The average Bonchev–Trinajstić information content (AvgIpc) is 2.95. The summed E-state index contributed by atoms with van der Waals surface area (Å²) in [6.07, 6.45) is -0.856. The minimum Gasteiger partial charge on any atom is -0.434 e. The number of β-lactam (4-membered cyclic amide) rings is 1. The highest BCUT2D eigenvalue weighted by atomic mass is 32.2. The maximum absolute atomic E-state index is 13.1. The molecule has 0 unspecified atom stereocenters. The molecule has 0 aromatic heterocycles. The van der Waals surface area contributed by atoms with Gasteiger partial charge in [-0.2, -0.15) is 0 Å². The summed E-state index contributed by atoms with van der Waals surface area (Å²) in [6, 6.07) is 6.28. The Bertz CT molecular complexity index is 929. The molecule has 4 atom stereocenters. The number of rotatable bonds is 9. The van der Waals surface area contributed by atoms with Crippen molar-refractivity contribution in [2.24, 2.45) is 11.8 Å². The lowest BCUT2D eigenvalue weighted by molar-refractivity contribution is -0.169. The van der Waals surface area contributed by atoms with E-state index in [-0.39, 0.29) is 41.8 Å². The Balaban J connectivity index is 1.44. The zero-order valence-electron chi connectivity index (χ0n) is 19.4. The number of hydrogen-bond donors (Lipinski definition) is 1. The first-order valence-electron chi connectivity index (χ1n) is 11.3. The van der Waals surface area contributed by atoms with E-state index in [0.29, 0.717) is 5.70 Å². The highest BCUT2D eigenvalue weighted by Gasteiger charge is 2.60. The van der Waals surface area contributed by atoms with E-state index >= 15 is 0 Å². The fraction of sp³-hybridized carbons (Fsp3) is 0.583. The second kappa shape index (κ2) is 9.74. The molecule has 0 bridgehead atoms. The highest BCUT2D eigenvalue weighted by Crippen LogP contribution is 2.52. The van der Waals surface area contributed by atoms with Crippen LogP contribution in [0.25, 0.3) is 0 Å². The molecule has 3 aliphatic rings. The van der Waals surface area contributed by atoms with Crippen molar-refractivity contribution in [1.29, 1.82) is 0 Å². The molecule has 1 N–H and O–H groups in total. The predicted molar refractivity (Wildman–Crippen MR) is 122 cm³/mol. The van der Waals surface area contributed by atoms with Crippen LogP contribution in [0.5, 0.6) is 0 Å². The predicted octanol–water partition coefficient (Wildman–Crippen LogP) is 2.74. The number of carbonyl (C=O) groups excluding carboxylic acids is 2. The van der Waals surface area contributed by atoms with Gasteiger partial charge in [0.1, 0.15) is 11.5 Å². The molecule has 1 aromatic rings. The molecule has 4 rings (SSSR count). The minimum atomic E-state index is -0.776. The normalized spacial score (nSPS) is 26.3. The quantitative estimate of drug-likeness (QED) is 0.332. The van der Waals surface area contributed by atoms with Crippen LogP contribution >= 0.6 is 11.8 Å². The molecule has 3 heterocycles. The molecule has 2 fully saturated rings. The Kier molecular flexibility index (Phi) is 7.14. The molecule has 3 aliphatic heterocycles. The first-order chi connectivity index (χ1) is 15.7. The number of ether oxygens (including phenoxy) is 2. The molecule has 9 heteroatoms. The van der Waals surface area contributed by atoms with Gasteiger partial charge in [-0.15, -0.1) is 11.8 Å². The van der Waals surface area contributed by atoms with E-state index in [1.165, 1.54) is 17.0 Å². The van der Waals surface area contributed by atoms with Gasteiger partial charge in [0.05, 0.1) is 24.2 Å². The van der Waals surface area contributed by atoms with Crippen LogP contribution in [0.15, 0.2) is 34.9 Å². The van der Waals surface area contributed by atoms with E-state index in [9.17, 15) is 19.1 Å². The lowest BCUT2D eigenvalue weighted by Gasteiger charge is -2.46. The van der Waals surface area contributed by atoms with E-state index in [2.05, 4.69) is 4.90 Å². The molecule has 0 radical (unpaired) electrons. The summed E-state index contributed by atoms with van der Waals surface area (Å²) >= 11 is 1.62. The third kappa shape index (κ3) is 4.82. The van der Waals surface area contributed by atoms with Crippen molar-refractivity contribution in [2.45, 2.75) is 57.7 Å². The van der Waals surface area contributed by atoms with E-state index < -0.39 is 18.0 Å².